The molecule has 1 aliphatic rings. The van der Waals surface area contributed by atoms with E-state index in [0.29, 0.717) is 28.7 Å². The molecular weight excluding hydrogens is 478 g/mol. The van der Waals surface area contributed by atoms with Crippen molar-refractivity contribution in [1.29, 1.82) is 0 Å². The minimum atomic E-state index is -0.658. The van der Waals surface area contributed by atoms with Gasteiger partial charge in [-0.05, 0) is 63.6 Å². The average molecular weight is 508 g/mol. The maximum Gasteiger partial charge on any atom is 0.419 e. The zero-order chi connectivity index (χ0) is 25.4. The average Bonchev–Trinajstić information content (AvgIpc) is 3.45. The van der Waals surface area contributed by atoms with Crippen molar-refractivity contribution in [2.45, 2.75) is 38.9 Å². The number of pyridine rings is 1. The predicted octanol–water partition coefficient (Wildman–Crippen LogP) is 6.35. The molecule has 1 aliphatic heterocycles. The summed E-state index contributed by atoms with van der Waals surface area (Å²) >= 11 is 6.64. The number of carbonyl (C=O) groups is 1. The van der Waals surface area contributed by atoms with Crippen molar-refractivity contribution < 1.29 is 19.0 Å². The number of nitrogens with zero attached hydrogens (tertiary/aromatic N) is 3. The summed E-state index contributed by atoms with van der Waals surface area (Å²) in [6, 6.07) is 17.3. The normalized spacial score (nSPS) is 16.6. The lowest BCUT2D eigenvalue weighted by Gasteiger charge is -2.21. The third kappa shape index (κ3) is 5.05. The van der Waals surface area contributed by atoms with Gasteiger partial charge in [0.25, 0.3) is 0 Å². The number of fused-ring (bicyclic) bond motifs is 2. The highest BCUT2D eigenvalue weighted by atomic mass is 35.5. The highest BCUT2D eigenvalue weighted by Crippen LogP contribution is 2.36. The molecule has 1 saturated heterocycles. The fourth-order valence-corrected chi connectivity index (χ4v) is 4.77. The van der Waals surface area contributed by atoms with Crippen LogP contribution in [0.2, 0.25) is 5.15 Å². The molecule has 0 spiro atoms. The second-order valence-electron chi connectivity index (χ2n) is 10.1. The van der Waals surface area contributed by atoms with Crippen molar-refractivity contribution in [3.8, 4) is 17.0 Å². The SMILES string of the molecule is COC1CCN(COc2ccc3c(c2)cc(-c2cc4ccccc4nc2Cl)n3C(=O)OC(C)(C)C)C1. The van der Waals surface area contributed by atoms with Crippen LogP contribution in [0.3, 0.4) is 0 Å². The Morgan fingerprint density at radius 2 is 1.92 bits per heavy atom. The van der Waals surface area contributed by atoms with E-state index in [9.17, 15) is 4.79 Å². The first-order valence-corrected chi connectivity index (χ1v) is 12.4. The zero-order valence-corrected chi connectivity index (χ0v) is 21.7. The predicted molar refractivity (Wildman–Crippen MR) is 142 cm³/mol. The third-order valence-corrected chi connectivity index (χ3v) is 6.57. The van der Waals surface area contributed by atoms with Crippen LogP contribution >= 0.6 is 11.6 Å². The molecule has 4 aromatic rings. The Balaban J connectivity index is 1.54. The Bertz CT molecular complexity index is 1430. The van der Waals surface area contributed by atoms with Gasteiger partial charge in [0, 0.05) is 36.5 Å². The molecule has 0 radical (unpaired) electrons. The van der Waals surface area contributed by atoms with Gasteiger partial charge in [0.2, 0.25) is 0 Å². The van der Waals surface area contributed by atoms with Gasteiger partial charge < -0.3 is 14.2 Å². The maximum atomic E-state index is 13.4. The van der Waals surface area contributed by atoms with E-state index in [1.165, 1.54) is 0 Å². The summed E-state index contributed by atoms with van der Waals surface area (Å²) in [6.45, 7) is 7.81. The lowest BCUT2D eigenvalue weighted by atomic mass is 10.1. The van der Waals surface area contributed by atoms with E-state index in [4.69, 9.17) is 25.8 Å². The van der Waals surface area contributed by atoms with E-state index in [0.717, 1.165) is 41.5 Å². The first-order chi connectivity index (χ1) is 17.2. The molecule has 0 N–H and O–H groups in total. The van der Waals surface area contributed by atoms with Gasteiger partial charge in [0.05, 0.1) is 22.8 Å². The van der Waals surface area contributed by atoms with Crippen molar-refractivity contribution in [3.63, 3.8) is 0 Å². The number of benzene rings is 2. The van der Waals surface area contributed by atoms with E-state index in [-0.39, 0.29) is 6.10 Å². The Morgan fingerprint density at radius 1 is 1.11 bits per heavy atom. The molecule has 5 rings (SSSR count). The minimum Gasteiger partial charge on any atom is -0.478 e. The molecule has 0 amide bonds. The first-order valence-electron chi connectivity index (χ1n) is 12.0. The molecule has 0 bridgehead atoms. The third-order valence-electron chi connectivity index (χ3n) is 6.28. The second kappa shape index (κ2) is 9.73. The van der Waals surface area contributed by atoms with E-state index in [1.807, 2.05) is 75.4 Å². The number of rotatable bonds is 5. The number of ether oxygens (including phenoxy) is 3. The van der Waals surface area contributed by atoms with Gasteiger partial charge >= 0.3 is 6.09 Å². The Labute approximate surface area is 215 Å². The van der Waals surface area contributed by atoms with Crippen LogP contribution in [-0.2, 0) is 9.47 Å². The van der Waals surface area contributed by atoms with Crippen LogP contribution in [0.4, 0.5) is 4.79 Å². The van der Waals surface area contributed by atoms with Gasteiger partial charge in [-0.2, -0.15) is 0 Å². The van der Waals surface area contributed by atoms with Crippen LogP contribution in [0.15, 0.2) is 54.6 Å². The Kier molecular flexibility index (Phi) is 6.64. The highest BCUT2D eigenvalue weighted by molar-refractivity contribution is 6.32. The molecule has 1 unspecified atom stereocenters. The number of hydrogen-bond acceptors (Lipinski definition) is 6. The molecule has 188 valence electrons. The Hall–Kier alpha value is -3.13. The number of halogens is 1. The van der Waals surface area contributed by atoms with E-state index in [1.54, 1.807) is 11.7 Å². The monoisotopic (exact) mass is 507 g/mol. The number of para-hydroxylation sites is 1. The van der Waals surface area contributed by atoms with Crippen molar-refractivity contribution in [2.75, 3.05) is 26.9 Å². The Morgan fingerprint density at radius 3 is 2.67 bits per heavy atom. The molecule has 0 saturated carbocycles. The smallest absolute Gasteiger partial charge is 0.419 e. The molecule has 0 aliphatic carbocycles. The summed E-state index contributed by atoms with van der Waals surface area (Å²) in [5, 5.41) is 2.09. The van der Waals surface area contributed by atoms with Gasteiger partial charge in [-0.3, -0.25) is 4.90 Å². The van der Waals surface area contributed by atoms with Crippen LogP contribution < -0.4 is 4.74 Å². The van der Waals surface area contributed by atoms with Crippen molar-refractivity contribution in [3.05, 3.63) is 59.8 Å². The van der Waals surface area contributed by atoms with Crippen LogP contribution in [0.25, 0.3) is 33.1 Å². The van der Waals surface area contributed by atoms with Crippen LogP contribution in [0.5, 0.6) is 5.75 Å². The van der Waals surface area contributed by atoms with E-state index < -0.39 is 11.7 Å². The van der Waals surface area contributed by atoms with E-state index in [2.05, 4.69) is 9.88 Å². The molecule has 7 nitrogen and oxygen atoms in total. The minimum absolute atomic E-state index is 0.252. The summed E-state index contributed by atoms with van der Waals surface area (Å²) in [5.74, 6) is 0.721. The summed E-state index contributed by atoms with van der Waals surface area (Å²) in [5.41, 5.74) is 2.11. The van der Waals surface area contributed by atoms with Gasteiger partial charge in [0.1, 0.15) is 23.2 Å². The van der Waals surface area contributed by atoms with Crippen molar-refractivity contribution in [2.24, 2.45) is 0 Å². The molecular formula is C28H30ClN3O4. The number of likely N-dealkylation sites (tertiary alicyclic amines) is 1. The molecule has 36 heavy (non-hydrogen) atoms. The summed E-state index contributed by atoms with van der Waals surface area (Å²) < 4.78 is 18.8. The van der Waals surface area contributed by atoms with Crippen molar-refractivity contribution in [1.82, 2.24) is 14.5 Å². The van der Waals surface area contributed by atoms with E-state index >= 15 is 0 Å². The number of hydrogen-bond donors (Lipinski definition) is 0. The number of aromatic nitrogens is 2. The fourth-order valence-electron chi connectivity index (χ4n) is 4.53. The molecule has 1 fully saturated rings. The maximum absolute atomic E-state index is 13.4. The van der Waals surface area contributed by atoms with Crippen LogP contribution in [0, 0.1) is 0 Å². The van der Waals surface area contributed by atoms with Gasteiger partial charge in [-0.25, -0.2) is 14.3 Å². The van der Waals surface area contributed by atoms with Gasteiger partial charge in [-0.1, -0.05) is 29.8 Å². The van der Waals surface area contributed by atoms with Gasteiger partial charge in [0.15, 0.2) is 0 Å². The van der Waals surface area contributed by atoms with Gasteiger partial charge in [-0.15, -0.1) is 0 Å². The lowest BCUT2D eigenvalue weighted by Crippen LogP contribution is -2.27. The topological polar surface area (TPSA) is 65.8 Å². The molecule has 1 atom stereocenters. The highest BCUT2D eigenvalue weighted by Gasteiger charge is 2.25. The van der Waals surface area contributed by atoms with Crippen LogP contribution in [0.1, 0.15) is 27.2 Å². The summed E-state index contributed by atoms with van der Waals surface area (Å²) in [6.07, 6.45) is 0.775. The lowest BCUT2D eigenvalue weighted by molar-refractivity contribution is 0.0547. The first kappa shape index (κ1) is 24.6. The molecule has 3 heterocycles. The summed E-state index contributed by atoms with van der Waals surface area (Å²) in [4.78, 5) is 20.2. The number of methoxy groups -OCH3 is 1. The number of carbonyl (C=O) groups excluding carboxylic acids is 1. The quantitative estimate of drug-likeness (QED) is 0.293. The fraction of sp³-hybridized carbons (Fsp3) is 0.357. The molecule has 2 aromatic carbocycles. The largest absolute Gasteiger partial charge is 0.478 e. The molecule has 2 aromatic heterocycles. The standard InChI is InChI=1S/C28H30ClN3O4/c1-28(2,3)36-27(33)32-24-10-9-20(35-17-31-12-11-21(16-31)34-4)13-19(24)15-25(32)22-14-18-7-5-6-8-23(18)30-26(22)29/h5-10,13-15,21H,11-12,16-17H2,1-4H3. The summed E-state index contributed by atoms with van der Waals surface area (Å²) in [7, 11) is 1.74. The van der Waals surface area contributed by atoms with Crippen molar-refractivity contribution >= 4 is 39.5 Å². The zero-order valence-electron chi connectivity index (χ0n) is 21.0. The van der Waals surface area contributed by atoms with Crippen LogP contribution in [-0.4, -0.2) is 59.2 Å². The second-order valence-corrected chi connectivity index (χ2v) is 10.4. The molecule has 8 heteroatoms.